The molecule has 3 heterocycles. The van der Waals surface area contributed by atoms with Gasteiger partial charge in [0.2, 0.25) is 5.95 Å². The molecule has 0 spiro atoms. The maximum absolute atomic E-state index is 11.6. The molecule has 2 aliphatic rings. The summed E-state index contributed by atoms with van der Waals surface area (Å²) in [5.41, 5.74) is 0.629. The fraction of sp³-hybridized carbons (Fsp3) is 0.429. The summed E-state index contributed by atoms with van der Waals surface area (Å²) in [6.07, 6.45) is 5.54. The van der Waals surface area contributed by atoms with Gasteiger partial charge >= 0.3 is 0 Å². The van der Waals surface area contributed by atoms with Crippen LogP contribution in [0.1, 0.15) is 18.5 Å². The predicted molar refractivity (Wildman–Crippen MR) is 85.4 cm³/mol. The zero-order chi connectivity index (χ0) is 15.5. The van der Waals surface area contributed by atoms with Crippen LogP contribution in [-0.4, -0.2) is 47.3 Å². The van der Waals surface area contributed by atoms with Crippen LogP contribution in [0.2, 0.25) is 0 Å². The number of carbonyl (C=O) groups excluding carboxylic acids is 2. The summed E-state index contributed by atoms with van der Waals surface area (Å²) < 4.78 is 0. The number of hydrogen-bond acceptors (Lipinski definition) is 7. The van der Waals surface area contributed by atoms with Gasteiger partial charge in [-0.2, -0.15) is 0 Å². The van der Waals surface area contributed by atoms with E-state index in [0.717, 1.165) is 37.7 Å². The largest absolute Gasteiger partial charge is 0.339 e. The van der Waals surface area contributed by atoms with Crippen LogP contribution in [-0.2, 0) is 4.79 Å². The highest BCUT2D eigenvalue weighted by atomic mass is 32.2. The van der Waals surface area contributed by atoms with Gasteiger partial charge in [0.05, 0.1) is 10.6 Å². The van der Waals surface area contributed by atoms with Crippen molar-refractivity contribution in [3.8, 4) is 0 Å². The second-order valence-corrected chi connectivity index (χ2v) is 6.22. The van der Waals surface area contributed by atoms with Crippen LogP contribution in [0.3, 0.4) is 0 Å². The first kappa shape index (κ1) is 15.0. The molecule has 7 nitrogen and oxygen atoms in total. The summed E-state index contributed by atoms with van der Waals surface area (Å²) in [5, 5.41) is 5.17. The maximum Gasteiger partial charge on any atom is 0.290 e. The van der Waals surface area contributed by atoms with Crippen LogP contribution in [0, 0.1) is 0 Å². The molecule has 2 saturated heterocycles. The molecule has 2 aliphatic heterocycles. The van der Waals surface area contributed by atoms with Gasteiger partial charge in [-0.3, -0.25) is 14.9 Å². The Morgan fingerprint density at radius 1 is 1.50 bits per heavy atom. The Balaban J connectivity index is 1.79. The molecular formula is C14H17N5O2S. The Bertz CT molecular complexity index is 633. The quantitative estimate of drug-likeness (QED) is 0.803. The molecule has 1 unspecified atom stereocenters. The van der Waals surface area contributed by atoms with E-state index in [1.807, 2.05) is 7.05 Å². The second-order valence-electron chi connectivity index (χ2n) is 5.21. The third-order valence-electron chi connectivity index (χ3n) is 3.70. The number of piperidine rings is 1. The predicted octanol–water partition coefficient (Wildman–Crippen LogP) is 0.989. The van der Waals surface area contributed by atoms with E-state index in [2.05, 4.69) is 25.5 Å². The highest BCUT2D eigenvalue weighted by Crippen LogP contribution is 2.25. The third kappa shape index (κ3) is 3.28. The molecule has 2 fully saturated rings. The minimum absolute atomic E-state index is 0.349. The summed E-state index contributed by atoms with van der Waals surface area (Å²) in [7, 11) is 1.96. The van der Waals surface area contributed by atoms with Gasteiger partial charge in [0, 0.05) is 25.3 Å². The van der Waals surface area contributed by atoms with Crippen molar-refractivity contribution in [2.24, 2.45) is 0 Å². The van der Waals surface area contributed by atoms with Gasteiger partial charge < -0.3 is 10.2 Å². The number of amides is 2. The molecule has 1 aromatic rings. The summed E-state index contributed by atoms with van der Waals surface area (Å²) in [5.74, 6) is 0.285. The van der Waals surface area contributed by atoms with Gasteiger partial charge in [0.1, 0.15) is 0 Å². The first-order chi connectivity index (χ1) is 10.7. The lowest BCUT2D eigenvalue weighted by atomic mass is 10.1. The smallest absolute Gasteiger partial charge is 0.290 e. The topological polar surface area (TPSA) is 87.2 Å². The molecule has 116 valence electrons. The highest BCUT2D eigenvalue weighted by Gasteiger charge is 2.25. The average molecular weight is 319 g/mol. The highest BCUT2D eigenvalue weighted by molar-refractivity contribution is 8.18. The lowest BCUT2D eigenvalue weighted by Crippen LogP contribution is -2.45. The molecule has 0 saturated carbocycles. The average Bonchev–Trinajstić information content (AvgIpc) is 2.85. The molecule has 1 atom stereocenters. The lowest BCUT2D eigenvalue weighted by Gasteiger charge is -2.32. The van der Waals surface area contributed by atoms with E-state index in [9.17, 15) is 9.59 Å². The summed E-state index contributed by atoms with van der Waals surface area (Å²) >= 11 is 0.891. The Labute approximate surface area is 132 Å². The summed E-state index contributed by atoms with van der Waals surface area (Å²) in [6, 6.07) is 2.17. The molecule has 0 aliphatic carbocycles. The normalized spacial score (nSPS) is 24.0. The van der Waals surface area contributed by atoms with Crippen molar-refractivity contribution in [1.82, 2.24) is 20.6 Å². The first-order valence-corrected chi connectivity index (χ1v) is 7.97. The van der Waals surface area contributed by atoms with E-state index in [4.69, 9.17) is 0 Å². The van der Waals surface area contributed by atoms with Crippen molar-refractivity contribution in [2.75, 3.05) is 25.0 Å². The zero-order valence-electron chi connectivity index (χ0n) is 12.2. The van der Waals surface area contributed by atoms with Crippen molar-refractivity contribution in [3.63, 3.8) is 0 Å². The number of carbonyl (C=O) groups is 2. The standard InChI is InChI=1S/C14H17N5O2S/c1-15-10-3-2-6-19(8-10)13-16-5-4-9(17-13)7-11-12(20)18-14(21)22-11/h4-5,7,10,15H,2-3,6,8H2,1H3,(H,18,20,21)/b11-7-. The minimum Gasteiger partial charge on any atom is -0.339 e. The third-order valence-corrected chi connectivity index (χ3v) is 4.51. The number of thioether (sulfide) groups is 1. The lowest BCUT2D eigenvalue weighted by molar-refractivity contribution is -0.115. The Morgan fingerprint density at radius 2 is 2.36 bits per heavy atom. The van der Waals surface area contributed by atoms with Crippen LogP contribution in [0.15, 0.2) is 17.2 Å². The zero-order valence-corrected chi connectivity index (χ0v) is 13.0. The van der Waals surface area contributed by atoms with Crippen molar-refractivity contribution >= 4 is 34.9 Å². The molecule has 2 N–H and O–H groups in total. The number of nitrogens with zero attached hydrogens (tertiary/aromatic N) is 3. The van der Waals surface area contributed by atoms with Crippen molar-refractivity contribution in [2.45, 2.75) is 18.9 Å². The van der Waals surface area contributed by atoms with Gasteiger partial charge in [-0.05, 0) is 43.8 Å². The van der Waals surface area contributed by atoms with E-state index < -0.39 is 0 Å². The Morgan fingerprint density at radius 3 is 3.09 bits per heavy atom. The monoisotopic (exact) mass is 319 g/mol. The number of imide groups is 1. The van der Waals surface area contributed by atoms with E-state index >= 15 is 0 Å². The van der Waals surface area contributed by atoms with Crippen LogP contribution < -0.4 is 15.5 Å². The van der Waals surface area contributed by atoms with Gasteiger partial charge in [0.25, 0.3) is 11.1 Å². The van der Waals surface area contributed by atoms with Crippen molar-refractivity contribution in [3.05, 3.63) is 22.9 Å². The second kappa shape index (κ2) is 6.45. The van der Waals surface area contributed by atoms with E-state index in [-0.39, 0.29) is 11.1 Å². The molecule has 0 aromatic carbocycles. The number of anilines is 1. The van der Waals surface area contributed by atoms with Gasteiger partial charge in [-0.1, -0.05) is 0 Å². The molecule has 3 rings (SSSR count). The van der Waals surface area contributed by atoms with Gasteiger partial charge in [0.15, 0.2) is 0 Å². The molecular weight excluding hydrogens is 302 g/mol. The first-order valence-electron chi connectivity index (χ1n) is 7.16. The molecule has 8 heteroatoms. The molecule has 1 aromatic heterocycles. The minimum atomic E-state index is -0.372. The number of nitrogens with one attached hydrogen (secondary N) is 2. The number of hydrogen-bond donors (Lipinski definition) is 2. The summed E-state index contributed by atoms with van der Waals surface area (Å²) in [6.45, 7) is 1.79. The molecule has 0 bridgehead atoms. The van der Waals surface area contributed by atoms with Crippen LogP contribution in [0.5, 0.6) is 0 Å². The van der Waals surface area contributed by atoms with Crippen LogP contribution in [0.4, 0.5) is 10.7 Å². The number of aromatic nitrogens is 2. The number of rotatable bonds is 3. The Kier molecular flexibility index (Phi) is 4.39. The summed E-state index contributed by atoms with van der Waals surface area (Å²) in [4.78, 5) is 34.1. The van der Waals surface area contributed by atoms with Crippen molar-refractivity contribution < 1.29 is 9.59 Å². The van der Waals surface area contributed by atoms with E-state index in [0.29, 0.717) is 22.6 Å². The van der Waals surface area contributed by atoms with E-state index in [1.54, 1.807) is 18.3 Å². The Hall–Kier alpha value is -1.93. The SMILES string of the molecule is CNC1CCCN(c2nccc(/C=C3\SC(=O)NC3=O)n2)C1. The fourth-order valence-corrected chi connectivity index (χ4v) is 3.21. The molecule has 0 radical (unpaired) electrons. The van der Waals surface area contributed by atoms with Crippen molar-refractivity contribution in [1.29, 1.82) is 0 Å². The van der Waals surface area contributed by atoms with E-state index in [1.165, 1.54) is 0 Å². The van der Waals surface area contributed by atoms with Crippen LogP contribution >= 0.6 is 11.8 Å². The molecule has 2 amide bonds. The number of likely N-dealkylation sites (N-methyl/N-ethyl adjacent to an activating group) is 1. The fourth-order valence-electron chi connectivity index (χ4n) is 2.54. The maximum atomic E-state index is 11.6. The van der Waals surface area contributed by atoms with Gasteiger partial charge in [-0.25, -0.2) is 9.97 Å². The molecule has 22 heavy (non-hydrogen) atoms. The van der Waals surface area contributed by atoms with Gasteiger partial charge in [-0.15, -0.1) is 0 Å². The van der Waals surface area contributed by atoms with Crippen LogP contribution in [0.25, 0.3) is 6.08 Å².